The number of nitrogens with two attached hydrogens (primary N) is 2. The molecule has 0 aromatic heterocycles. The summed E-state index contributed by atoms with van der Waals surface area (Å²) in [6.07, 6.45) is 5.14. The van der Waals surface area contributed by atoms with E-state index in [1.54, 1.807) is 0 Å². The van der Waals surface area contributed by atoms with Gasteiger partial charge >= 0.3 is 0 Å². The van der Waals surface area contributed by atoms with Gasteiger partial charge in [-0.1, -0.05) is 0 Å². The monoisotopic (exact) mass is 153 g/mol. The molecule has 1 aliphatic rings. The van der Waals surface area contributed by atoms with Gasteiger partial charge in [-0.15, -0.1) is 0 Å². The van der Waals surface area contributed by atoms with Gasteiger partial charge in [-0.3, -0.25) is 4.99 Å². The molecule has 0 radical (unpaired) electrons. The summed E-state index contributed by atoms with van der Waals surface area (Å²) in [5, 5.41) is 0. The maximum atomic E-state index is 5.64. The molecule has 0 aromatic carbocycles. The van der Waals surface area contributed by atoms with Crippen molar-refractivity contribution in [1.82, 2.24) is 0 Å². The quantitative estimate of drug-likeness (QED) is 0.454. The zero-order valence-electron chi connectivity index (χ0n) is 6.88. The van der Waals surface area contributed by atoms with Crippen LogP contribution >= 0.6 is 0 Å². The molecule has 1 rings (SSSR count). The van der Waals surface area contributed by atoms with Gasteiger partial charge in [-0.2, -0.15) is 0 Å². The fourth-order valence-corrected chi connectivity index (χ4v) is 0.900. The van der Waals surface area contributed by atoms with Crippen LogP contribution < -0.4 is 11.5 Å². The topological polar surface area (TPSA) is 64.4 Å². The van der Waals surface area contributed by atoms with Crippen molar-refractivity contribution in [3.63, 3.8) is 0 Å². The van der Waals surface area contributed by atoms with Crippen LogP contribution in [0.15, 0.2) is 16.8 Å². The fraction of sp³-hybridized carbons (Fsp3) is 0.625. The first-order chi connectivity index (χ1) is 5.24. The zero-order chi connectivity index (χ0) is 8.27. The molecule has 1 fully saturated rings. The lowest BCUT2D eigenvalue weighted by Gasteiger charge is -2.21. The third-order valence-electron chi connectivity index (χ3n) is 2.05. The summed E-state index contributed by atoms with van der Waals surface area (Å²) >= 11 is 0. The number of aliphatic imine (C=N–C) groups is 1. The van der Waals surface area contributed by atoms with E-state index in [1.807, 2.05) is 6.92 Å². The molecule has 62 valence electrons. The first-order valence-corrected chi connectivity index (χ1v) is 3.96. The Kier molecular flexibility index (Phi) is 2.52. The first kappa shape index (κ1) is 8.11. The molecule has 11 heavy (non-hydrogen) atoms. The molecule has 4 N–H and O–H groups in total. The Labute approximate surface area is 67.2 Å². The van der Waals surface area contributed by atoms with Gasteiger partial charge in [0.05, 0.1) is 6.04 Å². The second-order valence-corrected chi connectivity index (χ2v) is 2.95. The SMILES string of the molecule is CC(=CN)C(N)=NC1CCC1. The van der Waals surface area contributed by atoms with Gasteiger partial charge in [0.25, 0.3) is 0 Å². The summed E-state index contributed by atoms with van der Waals surface area (Å²) in [5.74, 6) is 0.595. The van der Waals surface area contributed by atoms with Gasteiger partial charge in [0.15, 0.2) is 0 Å². The van der Waals surface area contributed by atoms with Gasteiger partial charge in [0.1, 0.15) is 5.84 Å². The molecule has 0 atom stereocenters. The second-order valence-electron chi connectivity index (χ2n) is 2.95. The van der Waals surface area contributed by atoms with E-state index in [9.17, 15) is 0 Å². The summed E-state index contributed by atoms with van der Waals surface area (Å²) in [5.41, 5.74) is 11.8. The number of nitrogens with zero attached hydrogens (tertiary/aromatic N) is 1. The molecular weight excluding hydrogens is 138 g/mol. The van der Waals surface area contributed by atoms with Crippen molar-refractivity contribution in [2.45, 2.75) is 32.2 Å². The van der Waals surface area contributed by atoms with Crippen LogP contribution in [-0.4, -0.2) is 11.9 Å². The Morgan fingerprint density at radius 2 is 2.18 bits per heavy atom. The van der Waals surface area contributed by atoms with E-state index in [4.69, 9.17) is 11.5 Å². The van der Waals surface area contributed by atoms with Gasteiger partial charge in [0.2, 0.25) is 0 Å². The minimum atomic E-state index is 0.463. The Hall–Kier alpha value is -0.990. The molecule has 0 aromatic rings. The molecule has 0 amide bonds. The summed E-state index contributed by atoms with van der Waals surface area (Å²) in [6.45, 7) is 1.87. The van der Waals surface area contributed by atoms with Gasteiger partial charge in [0, 0.05) is 11.8 Å². The predicted molar refractivity (Wildman–Crippen MR) is 47.2 cm³/mol. The summed E-state index contributed by atoms with van der Waals surface area (Å²) in [6, 6.07) is 0.463. The highest BCUT2D eigenvalue weighted by Gasteiger charge is 2.16. The van der Waals surface area contributed by atoms with Crippen molar-refractivity contribution in [3.05, 3.63) is 11.8 Å². The van der Waals surface area contributed by atoms with Gasteiger partial charge in [-0.05, 0) is 26.2 Å². The van der Waals surface area contributed by atoms with Crippen LogP contribution in [0.3, 0.4) is 0 Å². The van der Waals surface area contributed by atoms with Crippen molar-refractivity contribution in [2.75, 3.05) is 0 Å². The smallest absolute Gasteiger partial charge is 0.122 e. The average Bonchev–Trinajstić information content (AvgIpc) is 1.94. The van der Waals surface area contributed by atoms with E-state index >= 15 is 0 Å². The van der Waals surface area contributed by atoms with Crippen LogP contribution in [0, 0.1) is 0 Å². The minimum Gasteiger partial charge on any atom is -0.404 e. The highest BCUT2D eigenvalue weighted by Crippen LogP contribution is 2.22. The molecule has 0 spiro atoms. The zero-order valence-corrected chi connectivity index (χ0v) is 6.88. The number of rotatable bonds is 2. The van der Waals surface area contributed by atoms with Crippen LogP contribution in [0.1, 0.15) is 26.2 Å². The summed E-state index contributed by atoms with van der Waals surface area (Å²) < 4.78 is 0. The Morgan fingerprint density at radius 3 is 2.55 bits per heavy atom. The van der Waals surface area contributed by atoms with Gasteiger partial charge in [-0.25, -0.2) is 0 Å². The van der Waals surface area contributed by atoms with Crippen molar-refractivity contribution >= 4 is 5.84 Å². The van der Waals surface area contributed by atoms with Crippen molar-refractivity contribution in [1.29, 1.82) is 0 Å². The number of hydrogen-bond acceptors (Lipinski definition) is 2. The minimum absolute atomic E-state index is 0.463. The van der Waals surface area contributed by atoms with E-state index in [2.05, 4.69) is 4.99 Å². The molecule has 0 unspecified atom stereocenters. The lowest BCUT2D eigenvalue weighted by molar-refractivity contribution is 0.420. The molecular formula is C8H15N3. The third kappa shape index (κ3) is 1.97. The largest absolute Gasteiger partial charge is 0.404 e. The van der Waals surface area contributed by atoms with E-state index < -0.39 is 0 Å². The van der Waals surface area contributed by atoms with E-state index in [-0.39, 0.29) is 0 Å². The summed E-state index contributed by atoms with van der Waals surface area (Å²) in [4.78, 5) is 4.30. The van der Waals surface area contributed by atoms with Crippen molar-refractivity contribution in [3.8, 4) is 0 Å². The average molecular weight is 153 g/mol. The van der Waals surface area contributed by atoms with Crippen LogP contribution in [0.5, 0.6) is 0 Å². The Morgan fingerprint density at radius 1 is 1.55 bits per heavy atom. The molecule has 1 saturated carbocycles. The van der Waals surface area contributed by atoms with E-state index in [1.165, 1.54) is 25.5 Å². The number of hydrogen-bond donors (Lipinski definition) is 2. The number of amidine groups is 1. The Balaban J connectivity index is 2.50. The molecule has 0 bridgehead atoms. The van der Waals surface area contributed by atoms with Crippen LogP contribution in [0.25, 0.3) is 0 Å². The second kappa shape index (κ2) is 3.42. The normalized spacial score (nSPS) is 21.5. The molecule has 3 nitrogen and oxygen atoms in total. The molecule has 0 aliphatic heterocycles. The fourth-order valence-electron chi connectivity index (χ4n) is 0.900. The third-order valence-corrected chi connectivity index (χ3v) is 2.05. The molecule has 0 heterocycles. The van der Waals surface area contributed by atoms with Crippen LogP contribution in [-0.2, 0) is 0 Å². The van der Waals surface area contributed by atoms with Crippen LogP contribution in [0.4, 0.5) is 0 Å². The highest BCUT2D eigenvalue weighted by atomic mass is 14.9. The Bertz CT molecular complexity index is 190. The maximum absolute atomic E-state index is 5.64. The molecule has 1 aliphatic carbocycles. The maximum Gasteiger partial charge on any atom is 0.122 e. The molecule has 0 saturated heterocycles. The van der Waals surface area contributed by atoms with Gasteiger partial charge < -0.3 is 11.5 Å². The first-order valence-electron chi connectivity index (χ1n) is 3.96. The summed E-state index contributed by atoms with van der Waals surface area (Å²) in [7, 11) is 0. The van der Waals surface area contributed by atoms with Crippen LogP contribution in [0.2, 0.25) is 0 Å². The van der Waals surface area contributed by atoms with Crippen molar-refractivity contribution in [2.24, 2.45) is 16.5 Å². The lowest BCUT2D eigenvalue weighted by atomic mass is 9.94. The lowest BCUT2D eigenvalue weighted by Crippen LogP contribution is -2.22. The highest BCUT2D eigenvalue weighted by molar-refractivity contribution is 5.96. The standard InChI is InChI=1S/C8H15N3/c1-6(5-9)8(10)11-7-3-2-4-7/h5,7H,2-4,9H2,1H3,(H2,10,11). The molecule has 3 heteroatoms. The van der Waals surface area contributed by atoms with Crippen molar-refractivity contribution < 1.29 is 0 Å². The van der Waals surface area contributed by atoms with E-state index in [0.29, 0.717) is 11.9 Å². The predicted octanol–water partition coefficient (Wildman–Crippen LogP) is 0.759. The van der Waals surface area contributed by atoms with E-state index in [0.717, 1.165) is 5.57 Å².